The molecule has 0 radical (unpaired) electrons. The van der Waals surface area contributed by atoms with E-state index < -0.39 is 0 Å². The van der Waals surface area contributed by atoms with Gasteiger partial charge in [-0.25, -0.2) is 0 Å². The zero-order chi connectivity index (χ0) is 12.4. The van der Waals surface area contributed by atoms with E-state index in [2.05, 4.69) is 45.0 Å². The van der Waals surface area contributed by atoms with Crippen LogP contribution in [0.2, 0.25) is 0 Å². The molecule has 0 aliphatic rings. The fourth-order valence-corrected chi connectivity index (χ4v) is 2.17. The van der Waals surface area contributed by atoms with Crippen molar-refractivity contribution in [3.63, 3.8) is 0 Å². The van der Waals surface area contributed by atoms with Gasteiger partial charge in [0, 0.05) is 0 Å². The molecule has 0 N–H and O–H groups in total. The van der Waals surface area contributed by atoms with Gasteiger partial charge in [0.2, 0.25) is 0 Å². The van der Waals surface area contributed by atoms with Crippen LogP contribution in [0.15, 0.2) is 36.4 Å². The van der Waals surface area contributed by atoms with Crippen molar-refractivity contribution in [1.82, 2.24) is 0 Å². The smallest absolute Gasteiger partial charge is 0.122 e. The summed E-state index contributed by atoms with van der Waals surface area (Å²) < 4.78 is 5.38. The SMILES string of the molecule is COc1cccc(-c2cccc(C)c2C)c1C. The Morgan fingerprint density at radius 1 is 0.765 bits per heavy atom. The summed E-state index contributed by atoms with van der Waals surface area (Å²) in [6.45, 7) is 6.42. The van der Waals surface area contributed by atoms with Crippen LogP contribution in [0.3, 0.4) is 0 Å². The van der Waals surface area contributed by atoms with E-state index in [4.69, 9.17) is 4.74 Å². The topological polar surface area (TPSA) is 9.23 Å². The van der Waals surface area contributed by atoms with Crippen molar-refractivity contribution in [2.24, 2.45) is 0 Å². The van der Waals surface area contributed by atoms with Crippen LogP contribution < -0.4 is 4.74 Å². The molecular weight excluding hydrogens is 208 g/mol. The van der Waals surface area contributed by atoms with Crippen LogP contribution in [0.4, 0.5) is 0 Å². The third-order valence-corrected chi connectivity index (χ3v) is 3.40. The van der Waals surface area contributed by atoms with Crippen molar-refractivity contribution in [3.05, 3.63) is 53.1 Å². The molecule has 2 aromatic rings. The van der Waals surface area contributed by atoms with Crippen LogP contribution in [0.5, 0.6) is 5.75 Å². The van der Waals surface area contributed by atoms with Gasteiger partial charge in [-0.2, -0.15) is 0 Å². The lowest BCUT2D eigenvalue weighted by atomic mass is 9.94. The van der Waals surface area contributed by atoms with E-state index in [0.29, 0.717) is 0 Å². The molecule has 0 aliphatic heterocycles. The lowest BCUT2D eigenvalue weighted by molar-refractivity contribution is 0.412. The summed E-state index contributed by atoms with van der Waals surface area (Å²) in [5.41, 5.74) is 6.41. The summed E-state index contributed by atoms with van der Waals surface area (Å²) >= 11 is 0. The molecule has 0 saturated heterocycles. The first-order valence-electron chi connectivity index (χ1n) is 5.85. The van der Waals surface area contributed by atoms with E-state index in [9.17, 15) is 0 Å². The van der Waals surface area contributed by atoms with Gasteiger partial charge in [0.25, 0.3) is 0 Å². The highest BCUT2D eigenvalue weighted by Gasteiger charge is 2.09. The summed E-state index contributed by atoms with van der Waals surface area (Å²) in [6.07, 6.45) is 0. The van der Waals surface area contributed by atoms with Gasteiger partial charge >= 0.3 is 0 Å². The molecule has 0 atom stereocenters. The standard InChI is InChI=1S/C16H18O/c1-11-7-5-8-14(12(11)2)15-9-6-10-16(17-4)13(15)3/h5-10H,1-4H3. The monoisotopic (exact) mass is 226 g/mol. The van der Waals surface area contributed by atoms with Gasteiger partial charge in [-0.15, -0.1) is 0 Å². The van der Waals surface area contributed by atoms with E-state index >= 15 is 0 Å². The highest BCUT2D eigenvalue weighted by Crippen LogP contribution is 2.32. The summed E-state index contributed by atoms with van der Waals surface area (Å²) in [5.74, 6) is 0.948. The molecule has 0 unspecified atom stereocenters. The van der Waals surface area contributed by atoms with Crippen LogP contribution in [0.1, 0.15) is 16.7 Å². The fourth-order valence-electron chi connectivity index (χ4n) is 2.17. The Morgan fingerprint density at radius 2 is 1.35 bits per heavy atom. The predicted molar refractivity (Wildman–Crippen MR) is 72.6 cm³/mol. The van der Waals surface area contributed by atoms with Crippen molar-refractivity contribution >= 4 is 0 Å². The molecule has 0 aromatic heterocycles. The first-order valence-corrected chi connectivity index (χ1v) is 5.85. The second kappa shape index (κ2) is 4.62. The first-order chi connectivity index (χ1) is 8.15. The van der Waals surface area contributed by atoms with Gasteiger partial charge in [-0.05, 0) is 54.7 Å². The van der Waals surface area contributed by atoms with Crippen molar-refractivity contribution in [2.75, 3.05) is 7.11 Å². The number of hydrogen-bond acceptors (Lipinski definition) is 1. The third kappa shape index (κ3) is 2.05. The highest BCUT2D eigenvalue weighted by molar-refractivity contribution is 5.73. The van der Waals surface area contributed by atoms with E-state index in [1.54, 1.807) is 7.11 Å². The van der Waals surface area contributed by atoms with Gasteiger partial charge in [0.15, 0.2) is 0 Å². The van der Waals surface area contributed by atoms with Gasteiger partial charge < -0.3 is 4.74 Å². The molecule has 2 aromatic carbocycles. The molecule has 0 amide bonds. The number of rotatable bonds is 2. The Balaban J connectivity index is 2.65. The average Bonchev–Trinajstić information content (AvgIpc) is 2.33. The largest absolute Gasteiger partial charge is 0.496 e. The van der Waals surface area contributed by atoms with Gasteiger partial charge in [-0.3, -0.25) is 0 Å². The maximum atomic E-state index is 5.38. The minimum atomic E-state index is 0.948. The summed E-state index contributed by atoms with van der Waals surface area (Å²) in [5, 5.41) is 0. The van der Waals surface area contributed by atoms with Crippen LogP contribution >= 0.6 is 0 Å². The lowest BCUT2D eigenvalue weighted by Gasteiger charge is -2.13. The lowest BCUT2D eigenvalue weighted by Crippen LogP contribution is -1.93. The maximum absolute atomic E-state index is 5.38. The Hall–Kier alpha value is -1.76. The second-order valence-corrected chi connectivity index (χ2v) is 4.38. The molecule has 2 rings (SSSR count). The van der Waals surface area contributed by atoms with E-state index in [1.165, 1.54) is 27.8 Å². The van der Waals surface area contributed by atoms with Gasteiger partial charge in [0.1, 0.15) is 5.75 Å². The molecule has 1 nitrogen and oxygen atoms in total. The van der Waals surface area contributed by atoms with E-state index in [-0.39, 0.29) is 0 Å². The van der Waals surface area contributed by atoms with Crippen molar-refractivity contribution in [2.45, 2.75) is 20.8 Å². The minimum Gasteiger partial charge on any atom is -0.496 e. The number of hydrogen-bond donors (Lipinski definition) is 0. The summed E-state index contributed by atoms with van der Waals surface area (Å²) in [7, 11) is 1.72. The number of aryl methyl sites for hydroxylation is 1. The zero-order valence-electron chi connectivity index (χ0n) is 10.9. The molecule has 0 fully saturated rings. The molecule has 1 heteroatoms. The van der Waals surface area contributed by atoms with Crippen LogP contribution in [0.25, 0.3) is 11.1 Å². The number of ether oxygens (including phenoxy) is 1. The highest BCUT2D eigenvalue weighted by atomic mass is 16.5. The average molecular weight is 226 g/mol. The Morgan fingerprint density at radius 3 is 2.00 bits per heavy atom. The summed E-state index contributed by atoms with van der Waals surface area (Å²) in [6, 6.07) is 12.6. The van der Waals surface area contributed by atoms with Crippen LogP contribution in [-0.4, -0.2) is 7.11 Å². The summed E-state index contributed by atoms with van der Waals surface area (Å²) in [4.78, 5) is 0. The molecule has 0 spiro atoms. The Kier molecular flexibility index (Phi) is 3.19. The minimum absolute atomic E-state index is 0.948. The Labute approximate surface area is 103 Å². The molecular formula is C16H18O. The fraction of sp³-hybridized carbons (Fsp3) is 0.250. The third-order valence-electron chi connectivity index (χ3n) is 3.40. The van der Waals surface area contributed by atoms with Gasteiger partial charge in [-0.1, -0.05) is 30.3 Å². The van der Waals surface area contributed by atoms with Crippen molar-refractivity contribution < 1.29 is 4.74 Å². The zero-order valence-corrected chi connectivity index (χ0v) is 10.9. The normalized spacial score (nSPS) is 10.4. The maximum Gasteiger partial charge on any atom is 0.122 e. The molecule has 88 valence electrons. The predicted octanol–water partition coefficient (Wildman–Crippen LogP) is 4.29. The first kappa shape index (κ1) is 11.7. The van der Waals surface area contributed by atoms with E-state index in [1.807, 2.05) is 12.1 Å². The van der Waals surface area contributed by atoms with Crippen molar-refractivity contribution in [3.8, 4) is 16.9 Å². The molecule has 0 bridgehead atoms. The Bertz CT molecular complexity index is 541. The quantitative estimate of drug-likeness (QED) is 0.742. The molecule has 0 heterocycles. The number of benzene rings is 2. The molecule has 17 heavy (non-hydrogen) atoms. The van der Waals surface area contributed by atoms with Crippen LogP contribution in [0, 0.1) is 20.8 Å². The molecule has 0 aliphatic carbocycles. The van der Waals surface area contributed by atoms with E-state index in [0.717, 1.165) is 5.75 Å². The number of methoxy groups -OCH3 is 1. The van der Waals surface area contributed by atoms with Crippen molar-refractivity contribution in [1.29, 1.82) is 0 Å². The van der Waals surface area contributed by atoms with Gasteiger partial charge in [0.05, 0.1) is 7.11 Å². The molecule has 0 saturated carbocycles. The van der Waals surface area contributed by atoms with Crippen LogP contribution in [-0.2, 0) is 0 Å². The second-order valence-electron chi connectivity index (χ2n) is 4.38.